The second kappa shape index (κ2) is 7.42. The summed E-state index contributed by atoms with van der Waals surface area (Å²) in [5, 5.41) is 0. The Morgan fingerprint density at radius 2 is 1.08 bits per heavy atom. The number of nitrogens with zero attached hydrogens (tertiary/aromatic N) is 3. The molecule has 1 aliphatic heterocycles. The number of halogens is 2. The Balaban J connectivity index is 1.49. The number of alkyl halides is 2. The van der Waals surface area contributed by atoms with E-state index in [1.54, 1.807) is 18.7 Å². The van der Waals surface area contributed by atoms with Crippen molar-refractivity contribution < 1.29 is 9.59 Å². The molecular weight excluding hydrogens is 598 g/mol. The number of carbonyl (C=O) groups excluding carboxylic acids is 2. The van der Waals surface area contributed by atoms with Crippen LogP contribution < -0.4 is 10.5 Å². The number of aromatic nitrogens is 2. The van der Waals surface area contributed by atoms with Crippen molar-refractivity contribution in [2.24, 2.45) is 18.9 Å². The van der Waals surface area contributed by atoms with E-state index in [1.807, 2.05) is 78.9 Å². The Kier molecular flexibility index (Phi) is 4.60. The van der Waals surface area contributed by atoms with Crippen molar-refractivity contribution in [1.82, 2.24) is 9.36 Å². The van der Waals surface area contributed by atoms with Crippen LogP contribution in [-0.4, -0.2) is 21.2 Å². The third-order valence-corrected chi connectivity index (χ3v) is 11.0. The van der Waals surface area contributed by atoms with Gasteiger partial charge in [-0.15, -0.1) is 0 Å². The number of carbonyl (C=O) groups is 2. The van der Waals surface area contributed by atoms with Gasteiger partial charge in [0.25, 0.3) is 5.56 Å². The summed E-state index contributed by atoms with van der Waals surface area (Å²) in [6.07, 6.45) is 0. The Morgan fingerprint density at radius 1 is 0.676 bits per heavy atom. The molecule has 37 heavy (non-hydrogen) atoms. The molecule has 1 fully saturated rings. The molecule has 1 saturated heterocycles. The van der Waals surface area contributed by atoms with Crippen LogP contribution in [0.2, 0.25) is 0 Å². The van der Waals surface area contributed by atoms with E-state index in [4.69, 9.17) is 0 Å². The largest absolute Gasteiger partial charge is 0.296 e. The number of imide groups is 1. The molecule has 0 saturated carbocycles. The van der Waals surface area contributed by atoms with Crippen LogP contribution in [0.3, 0.4) is 0 Å². The van der Waals surface area contributed by atoms with Crippen molar-refractivity contribution in [2.45, 2.75) is 15.6 Å². The molecule has 0 spiro atoms. The van der Waals surface area contributed by atoms with Crippen LogP contribution in [0, 0.1) is 18.8 Å². The van der Waals surface area contributed by atoms with Gasteiger partial charge in [0.1, 0.15) is 5.69 Å². The molecule has 184 valence electrons. The van der Waals surface area contributed by atoms with Crippen molar-refractivity contribution in [3.63, 3.8) is 0 Å². The minimum atomic E-state index is -0.900. The molecule has 3 aromatic carbocycles. The number of benzene rings is 3. The Labute approximate surface area is 229 Å². The Bertz CT molecular complexity index is 1600. The van der Waals surface area contributed by atoms with Crippen LogP contribution in [0.4, 0.5) is 5.69 Å². The van der Waals surface area contributed by atoms with Crippen LogP contribution >= 0.6 is 31.9 Å². The SMILES string of the molecule is Cc1c(N2C(=O)[C@@H]3[C@@H](C2=O)C2(Br)c4ccccc4C3(Br)c3ccccc32)c(=O)n(-c2ccccc2)n1C. The lowest BCUT2D eigenvalue weighted by Crippen LogP contribution is -2.56. The second-order valence-electron chi connectivity index (χ2n) is 9.89. The van der Waals surface area contributed by atoms with Crippen LogP contribution in [-0.2, 0) is 25.3 Å². The van der Waals surface area contributed by atoms with E-state index >= 15 is 0 Å². The third-order valence-electron chi connectivity index (χ3n) is 8.33. The first kappa shape index (κ1) is 22.9. The van der Waals surface area contributed by atoms with Gasteiger partial charge in [0, 0.05) is 7.05 Å². The summed E-state index contributed by atoms with van der Waals surface area (Å²) in [5.74, 6) is -2.20. The molecule has 1 aromatic heterocycles. The van der Waals surface area contributed by atoms with Crippen LogP contribution in [0.5, 0.6) is 0 Å². The van der Waals surface area contributed by atoms with Crippen LogP contribution in [0.1, 0.15) is 27.9 Å². The first-order valence-electron chi connectivity index (χ1n) is 12.0. The zero-order valence-electron chi connectivity index (χ0n) is 20.0. The number of hydrogen-bond acceptors (Lipinski definition) is 3. The summed E-state index contributed by atoms with van der Waals surface area (Å²) in [6.45, 7) is 1.77. The van der Waals surface area contributed by atoms with E-state index in [-0.39, 0.29) is 17.5 Å². The lowest BCUT2D eigenvalue weighted by molar-refractivity contribution is -0.122. The van der Waals surface area contributed by atoms with E-state index in [0.29, 0.717) is 11.4 Å². The van der Waals surface area contributed by atoms with E-state index in [2.05, 4.69) is 31.9 Å². The van der Waals surface area contributed by atoms with Crippen molar-refractivity contribution in [3.05, 3.63) is 117 Å². The number of rotatable bonds is 2. The van der Waals surface area contributed by atoms with Crippen molar-refractivity contribution >= 4 is 49.4 Å². The first-order valence-corrected chi connectivity index (χ1v) is 13.6. The van der Waals surface area contributed by atoms with E-state index in [1.165, 1.54) is 4.68 Å². The van der Waals surface area contributed by atoms with Gasteiger partial charge in [0.2, 0.25) is 11.8 Å². The quantitative estimate of drug-likeness (QED) is 0.237. The molecule has 2 atom stereocenters. The molecule has 4 aromatic rings. The summed E-state index contributed by atoms with van der Waals surface area (Å²) >= 11 is 8.03. The summed E-state index contributed by atoms with van der Waals surface area (Å²) in [4.78, 5) is 43.7. The molecule has 6 nitrogen and oxygen atoms in total. The predicted molar refractivity (Wildman–Crippen MR) is 148 cm³/mol. The molecule has 0 unspecified atom stereocenters. The van der Waals surface area contributed by atoms with E-state index in [9.17, 15) is 14.4 Å². The monoisotopic (exact) mass is 617 g/mol. The van der Waals surface area contributed by atoms with Crippen LogP contribution in [0.15, 0.2) is 83.7 Å². The zero-order chi connectivity index (χ0) is 25.9. The maximum atomic E-state index is 14.4. The maximum Gasteiger partial charge on any atom is 0.296 e. The zero-order valence-corrected chi connectivity index (χ0v) is 23.2. The fourth-order valence-corrected chi connectivity index (χ4v) is 9.00. The Morgan fingerprint density at radius 3 is 1.51 bits per heavy atom. The molecule has 8 heteroatoms. The standard InChI is InChI=1S/C29H21Br2N3O3/c1-16-24(27(37)34(32(16)2)17-10-4-3-5-11-17)33-25(35)22-23(26(33)36)29(31)19-13-7-6-12-18(19)28(22,30)20-14-8-9-15-21(20)29/h3-15,22-23H,1-2H3/t22-,23-,28?,29?/m0/s1. The van der Waals surface area contributed by atoms with E-state index < -0.39 is 26.0 Å². The lowest BCUT2D eigenvalue weighted by Gasteiger charge is -2.55. The summed E-state index contributed by atoms with van der Waals surface area (Å²) < 4.78 is 1.40. The predicted octanol–water partition coefficient (Wildman–Crippen LogP) is 4.89. The normalized spacial score (nSPS) is 27.3. The van der Waals surface area contributed by atoms with Gasteiger partial charge in [0.05, 0.1) is 31.9 Å². The molecule has 3 aliphatic carbocycles. The second-order valence-corrected chi connectivity index (χ2v) is 12.4. The molecule has 2 heterocycles. The number of amides is 2. The maximum absolute atomic E-state index is 14.4. The molecule has 0 radical (unpaired) electrons. The number of anilines is 1. The minimum Gasteiger partial charge on any atom is -0.283 e. The summed E-state index contributed by atoms with van der Waals surface area (Å²) in [7, 11) is 1.76. The molecule has 2 bridgehead atoms. The topological polar surface area (TPSA) is 64.3 Å². The smallest absolute Gasteiger partial charge is 0.283 e. The number of hydrogen-bond donors (Lipinski definition) is 0. The Hall–Kier alpha value is -3.23. The fourth-order valence-electron chi connectivity index (χ4n) is 6.70. The first-order chi connectivity index (χ1) is 17.7. The van der Waals surface area contributed by atoms with E-state index in [0.717, 1.165) is 27.2 Å². The van der Waals surface area contributed by atoms with Crippen molar-refractivity contribution in [2.75, 3.05) is 4.90 Å². The van der Waals surface area contributed by atoms with Crippen molar-refractivity contribution in [3.8, 4) is 5.69 Å². The van der Waals surface area contributed by atoms with Gasteiger partial charge in [-0.1, -0.05) is 98.6 Å². The van der Waals surface area contributed by atoms with Gasteiger partial charge >= 0.3 is 0 Å². The summed E-state index contributed by atoms with van der Waals surface area (Å²) in [5.41, 5.74) is 4.75. The molecule has 4 aliphatic rings. The van der Waals surface area contributed by atoms with Gasteiger partial charge in [-0.2, -0.15) is 0 Å². The van der Waals surface area contributed by atoms with Gasteiger partial charge in [-0.05, 0) is 41.3 Å². The van der Waals surface area contributed by atoms with Gasteiger partial charge in [-0.3, -0.25) is 19.1 Å². The van der Waals surface area contributed by atoms with Gasteiger partial charge < -0.3 is 0 Å². The van der Waals surface area contributed by atoms with Gasteiger partial charge in [0.15, 0.2) is 0 Å². The average Bonchev–Trinajstić information content (AvgIpc) is 3.31. The molecule has 2 amide bonds. The highest BCUT2D eigenvalue weighted by atomic mass is 79.9. The minimum absolute atomic E-state index is 0.107. The fraction of sp³-hybridized carbons (Fsp3) is 0.207. The van der Waals surface area contributed by atoms with Crippen LogP contribution in [0.25, 0.3) is 5.69 Å². The average molecular weight is 619 g/mol. The number of para-hydroxylation sites is 1. The highest BCUT2D eigenvalue weighted by Crippen LogP contribution is 2.70. The highest BCUT2D eigenvalue weighted by molar-refractivity contribution is 9.10. The van der Waals surface area contributed by atoms with Crippen molar-refractivity contribution in [1.29, 1.82) is 0 Å². The van der Waals surface area contributed by atoms with Gasteiger partial charge in [-0.25, -0.2) is 9.58 Å². The third kappa shape index (κ3) is 2.53. The molecular formula is C29H21Br2N3O3. The highest BCUT2D eigenvalue weighted by Gasteiger charge is 2.73. The molecule has 8 rings (SSSR count). The summed E-state index contributed by atoms with van der Waals surface area (Å²) in [6, 6.07) is 25.1. The molecule has 0 N–H and O–H groups in total. The lowest BCUT2D eigenvalue weighted by atomic mass is 9.54.